The van der Waals surface area contributed by atoms with Crippen molar-refractivity contribution in [3.05, 3.63) is 29.8 Å². The molecule has 0 aromatic heterocycles. The first-order valence-electron chi connectivity index (χ1n) is 12.1. The Morgan fingerprint density at radius 1 is 1.31 bits per heavy atom. The average Bonchev–Trinajstić information content (AvgIpc) is 3.73. The van der Waals surface area contributed by atoms with Gasteiger partial charge in [0.1, 0.15) is 5.75 Å². The van der Waals surface area contributed by atoms with E-state index in [0.717, 1.165) is 43.4 Å². The molecule has 0 bridgehead atoms. The number of benzene rings is 1. The van der Waals surface area contributed by atoms with Crippen LogP contribution in [-0.2, 0) is 15.6 Å². The van der Waals surface area contributed by atoms with Crippen molar-refractivity contribution in [1.82, 2.24) is 9.91 Å². The molecule has 0 spiro atoms. The molecule has 35 heavy (non-hydrogen) atoms. The summed E-state index contributed by atoms with van der Waals surface area (Å²) >= 11 is 1.54. The van der Waals surface area contributed by atoms with Crippen molar-refractivity contribution in [3.63, 3.8) is 0 Å². The predicted molar refractivity (Wildman–Crippen MR) is 140 cm³/mol. The van der Waals surface area contributed by atoms with Crippen LogP contribution in [0.25, 0.3) is 5.70 Å². The number of aliphatic hydroxyl groups is 1. The minimum Gasteiger partial charge on any atom is -0.495 e. The van der Waals surface area contributed by atoms with Gasteiger partial charge in [-0.3, -0.25) is 14.0 Å². The van der Waals surface area contributed by atoms with Crippen LogP contribution in [0.2, 0.25) is 0 Å². The summed E-state index contributed by atoms with van der Waals surface area (Å²) in [7, 11) is 0.247. The molecule has 1 saturated heterocycles. The van der Waals surface area contributed by atoms with Crippen LogP contribution in [-0.4, -0.2) is 80.4 Å². The number of nitrogens with zero attached hydrogens (tertiary/aromatic N) is 4. The van der Waals surface area contributed by atoms with E-state index in [2.05, 4.69) is 11.8 Å². The maximum absolute atomic E-state index is 13.3. The number of aliphatic imine (C=N–C) groups is 1. The highest BCUT2D eigenvalue weighted by molar-refractivity contribution is 8.13. The van der Waals surface area contributed by atoms with Gasteiger partial charge in [-0.2, -0.15) is 5.10 Å². The predicted octanol–water partition coefficient (Wildman–Crippen LogP) is 2.94. The van der Waals surface area contributed by atoms with Gasteiger partial charge >= 0.3 is 0 Å². The van der Waals surface area contributed by atoms with E-state index < -0.39 is 16.4 Å². The largest absolute Gasteiger partial charge is 0.495 e. The van der Waals surface area contributed by atoms with Gasteiger partial charge in [-0.25, -0.2) is 5.01 Å². The number of methoxy groups -OCH3 is 1. The molecule has 4 aliphatic rings. The third-order valence-corrected chi connectivity index (χ3v) is 10.1. The second-order valence-corrected chi connectivity index (χ2v) is 12.5. The van der Waals surface area contributed by atoms with Crippen LogP contribution in [0.4, 0.5) is 0 Å². The monoisotopic (exact) mass is 516 g/mol. The number of hydrazone groups is 1. The lowest BCUT2D eigenvalue weighted by Gasteiger charge is -2.35. The summed E-state index contributed by atoms with van der Waals surface area (Å²) < 4.78 is 18.8. The molecule has 1 N–H and O–H groups in total. The highest BCUT2D eigenvalue weighted by atomic mass is 32.2. The van der Waals surface area contributed by atoms with Gasteiger partial charge in [0.15, 0.2) is 5.17 Å². The zero-order chi connectivity index (χ0) is 24.7. The van der Waals surface area contributed by atoms with Crippen molar-refractivity contribution < 1.29 is 18.8 Å². The number of hydrogen-bond acceptors (Lipinski definition) is 8. The Hall–Kier alpha value is -2.17. The van der Waals surface area contributed by atoms with Gasteiger partial charge in [0.2, 0.25) is 6.41 Å². The molecule has 2 aliphatic carbocycles. The smallest absolute Gasteiger partial charge is 0.209 e. The van der Waals surface area contributed by atoms with Crippen molar-refractivity contribution in [3.8, 4) is 5.75 Å². The van der Waals surface area contributed by atoms with E-state index in [9.17, 15) is 14.1 Å². The molecule has 2 heterocycles. The van der Waals surface area contributed by atoms with Gasteiger partial charge in [0.25, 0.3) is 0 Å². The second kappa shape index (κ2) is 9.71. The van der Waals surface area contributed by atoms with Gasteiger partial charge in [0, 0.05) is 31.1 Å². The van der Waals surface area contributed by atoms with E-state index in [1.807, 2.05) is 31.2 Å². The van der Waals surface area contributed by atoms with Crippen LogP contribution in [0.3, 0.4) is 0 Å². The van der Waals surface area contributed by atoms with Crippen molar-refractivity contribution in [2.75, 3.05) is 26.0 Å². The molecular weight excluding hydrogens is 484 g/mol. The van der Waals surface area contributed by atoms with Crippen molar-refractivity contribution in [2.24, 2.45) is 21.9 Å². The Bertz CT molecular complexity index is 1080. The highest BCUT2D eigenvalue weighted by Gasteiger charge is 2.53. The summed E-state index contributed by atoms with van der Waals surface area (Å²) in [6.07, 6.45) is 7.20. The Kier molecular flexibility index (Phi) is 6.80. The maximum atomic E-state index is 13.3. The quantitative estimate of drug-likeness (QED) is 0.380. The highest BCUT2D eigenvalue weighted by Crippen LogP contribution is 2.53. The molecular formula is C25H32N4O4S2. The number of amidine groups is 1. The second-order valence-electron chi connectivity index (χ2n) is 9.83. The number of carbonyl (C=O) groups is 1. The molecule has 2 aliphatic heterocycles. The Balaban J connectivity index is 1.38. The first-order chi connectivity index (χ1) is 16.9. The fourth-order valence-electron chi connectivity index (χ4n) is 4.90. The lowest BCUT2D eigenvalue weighted by atomic mass is 9.94. The molecule has 0 radical (unpaired) electrons. The van der Waals surface area contributed by atoms with Crippen LogP contribution in [0, 0.1) is 11.8 Å². The van der Waals surface area contributed by atoms with Crippen LogP contribution >= 0.6 is 11.8 Å². The zero-order valence-corrected chi connectivity index (χ0v) is 21.8. The Morgan fingerprint density at radius 3 is 2.57 bits per heavy atom. The third kappa shape index (κ3) is 4.80. The van der Waals surface area contributed by atoms with E-state index in [1.54, 1.807) is 28.8 Å². The lowest BCUT2D eigenvalue weighted by molar-refractivity contribution is -0.120. The summed E-state index contributed by atoms with van der Waals surface area (Å²) in [5, 5.41) is 18.0. The van der Waals surface area contributed by atoms with Crippen LogP contribution in [0.5, 0.6) is 5.75 Å². The van der Waals surface area contributed by atoms with E-state index in [0.29, 0.717) is 46.5 Å². The minimum atomic E-state index is -1.32. The summed E-state index contributed by atoms with van der Waals surface area (Å²) in [5.74, 6) is 1.94. The minimum absolute atomic E-state index is 0.0794. The number of ether oxygens (including phenoxy) is 1. The number of rotatable bonds is 10. The number of amides is 1. The molecule has 1 aromatic carbocycles. The molecule has 10 heteroatoms. The van der Waals surface area contributed by atoms with Gasteiger partial charge in [-0.1, -0.05) is 11.8 Å². The fourth-order valence-corrected chi connectivity index (χ4v) is 7.86. The number of thioether (sulfide) groups is 1. The standard InChI is InChI=1S/C25H32N4O4S2/c1-16-10-21(17-4-9-22(33-3)23(11-17)35(32)20-12-28(13-20)15-30)29(26-2)24(27-16)34-14-25(31,18-5-6-18)19-7-8-19/h4,9-11,15-16,18-20,31H,2,5-8,12-14H2,1,3H3. The third-order valence-electron chi connectivity index (χ3n) is 7.27. The van der Waals surface area contributed by atoms with Crippen molar-refractivity contribution >= 4 is 46.6 Å². The Labute approximate surface area is 212 Å². The van der Waals surface area contributed by atoms with E-state index >= 15 is 0 Å². The van der Waals surface area contributed by atoms with Crippen LogP contribution in [0.1, 0.15) is 38.2 Å². The molecule has 2 atom stereocenters. The van der Waals surface area contributed by atoms with Gasteiger partial charge < -0.3 is 14.7 Å². The first kappa shape index (κ1) is 24.5. The Morgan fingerprint density at radius 2 is 2.00 bits per heavy atom. The molecule has 1 amide bonds. The van der Waals surface area contributed by atoms with Gasteiger partial charge in [-0.05, 0) is 68.7 Å². The molecule has 3 fully saturated rings. The van der Waals surface area contributed by atoms with E-state index in [1.165, 1.54) is 0 Å². The van der Waals surface area contributed by atoms with E-state index in [-0.39, 0.29) is 11.3 Å². The van der Waals surface area contributed by atoms with Crippen LogP contribution in [0.15, 0.2) is 39.3 Å². The summed E-state index contributed by atoms with van der Waals surface area (Å²) in [5.41, 5.74) is 1.02. The SMILES string of the molecule is C=NN1C(c2ccc(OC)c(S(=O)C3CN(C=O)C3)c2)=CC(C)N=C1SCC(O)(C1CC1)C1CC1. The fraction of sp³-hybridized carbons (Fsp3) is 0.560. The maximum Gasteiger partial charge on any atom is 0.209 e. The molecule has 2 saturated carbocycles. The summed E-state index contributed by atoms with van der Waals surface area (Å²) in [4.78, 5) is 18.0. The zero-order valence-electron chi connectivity index (χ0n) is 20.1. The van der Waals surface area contributed by atoms with Gasteiger partial charge in [-0.15, -0.1) is 0 Å². The number of hydrogen-bond donors (Lipinski definition) is 1. The number of carbonyl (C=O) groups excluding carboxylic acids is 1. The molecule has 8 nitrogen and oxygen atoms in total. The van der Waals surface area contributed by atoms with Crippen LogP contribution < -0.4 is 4.74 Å². The van der Waals surface area contributed by atoms with E-state index in [4.69, 9.17) is 9.73 Å². The normalized spacial score (nSPS) is 23.8. The van der Waals surface area contributed by atoms with Gasteiger partial charge in [0.05, 0.1) is 45.4 Å². The van der Waals surface area contributed by atoms with Crippen molar-refractivity contribution in [1.29, 1.82) is 0 Å². The molecule has 5 rings (SSSR count). The topological polar surface area (TPSA) is 94.8 Å². The summed E-state index contributed by atoms with van der Waals surface area (Å²) in [6, 6.07) is 5.55. The molecule has 1 aromatic rings. The van der Waals surface area contributed by atoms with Crippen molar-refractivity contribution in [2.45, 2.75) is 54.4 Å². The molecule has 188 valence electrons. The molecule has 2 unspecified atom stereocenters. The lowest BCUT2D eigenvalue weighted by Crippen LogP contribution is -2.51. The summed E-state index contributed by atoms with van der Waals surface area (Å²) in [6.45, 7) is 6.75. The average molecular weight is 517 g/mol. The first-order valence-corrected chi connectivity index (χ1v) is 14.3. The number of likely N-dealkylation sites (tertiary alicyclic amines) is 1.